The number of para-hydroxylation sites is 1. The number of imidazole rings is 1. The molecule has 0 aliphatic heterocycles. The topological polar surface area (TPSA) is 89.7 Å². The SMILES string of the molecule is NCc1ccccc1Oc1ncnc2nc[nH]c12. The van der Waals surface area contributed by atoms with Gasteiger partial charge in [-0.1, -0.05) is 18.2 Å². The summed E-state index contributed by atoms with van der Waals surface area (Å²) in [7, 11) is 0. The molecule has 3 rings (SSSR count). The molecule has 0 aliphatic rings. The Morgan fingerprint density at radius 3 is 2.94 bits per heavy atom. The highest BCUT2D eigenvalue weighted by Gasteiger charge is 2.09. The molecule has 0 aliphatic carbocycles. The second kappa shape index (κ2) is 4.42. The van der Waals surface area contributed by atoms with Crippen molar-refractivity contribution in [3.63, 3.8) is 0 Å². The van der Waals surface area contributed by atoms with E-state index in [4.69, 9.17) is 10.5 Å². The lowest BCUT2D eigenvalue weighted by molar-refractivity contribution is 0.461. The molecule has 0 amide bonds. The van der Waals surface area contributed by atoms with Gasteiger partial charge >= 0.3 is 0 Å². The Hall–Kier alpha value is -2.47. The quantitative estimate of drug-likeness (QED) is 0.727. The maximum absolute atomic E-state index is 5.77. The molecule has 6 nitrogen and oxygen atoms in total. The number of nitrogens with one attached hydrogen (secondary N) is 1. The van der Waals surface area contributed by atoms with Gasteiger partial charge in [-0.15, -0.1) is 0 Å². The van der Waals surface area contributed by atoms with E-state index in [2.05, 4.69) is 19.9 Å². The zero-order valence-electron chi connectivity index (χ0n) is 9.50. The van der Waals surface area contributed by atoms with E-state index < -0.39 is 0 Å². The van der Waals surface area contributed by atoms with Crippen molar-refractivity contribution in [2.24, 2.45) is 5.73 Å². The van der Waals surface area contributed by atoms with Crippen LogP contribution in [0.15, 0.2) is 36.9 Å². The van der Waals surface area contributed by atoms with Crippen LogP contribution in [-0.2, 0) is 6.54 Å². The molecule has 6 heteroatoms. The largest absolute Gasteiger partial charge is 0.437 e. The molecular formula is C12H11N5O. The van der Waals surface area contributed by atoms with Crippen molar-refractivity contribution in [3.8, 4) is 11.6 Å². The van der Waals surface area contributed by atoms with Gasteiger partial charge in [0.05, 0.1) is 6.33 Å². The van der Waals surface area contributed by atoms with E-state index in [1.807, 2.05) is 24.3 Å². The van der Waals surface area contributed by atoms with Gasteiger partial charge in [-0.25, -0.2) is 9.97 Å². The number of rotatable bonds is 3. The number of benzene rings is 1. The van der Waals surface area contributed by atoms with Crippen LogP contribution in [0.5, 0.6) is 11.6 Å². The summed E-state index contributed by atoms with van der Waals surface area (Å²) in [5.74, 6) is 1.13. The number of H-pyrrole nitrogens is 1. The summed E-state index contributed by atoms with van der Waals surface area (Å²) in [6, 6.07) is 7.58. The van der Waals surface area contributed by atoms with E-state index in [-0.39, 0.29) is 0 Å². The summed E-state index contributed by atoms with van der Waals surface area (Å²) in [5.41, 5.74) is 7.83. The van der Waals surface area contributed by atoms with Gasteiger partial charge in [0, 0.05) is 12.1 Å². The van der Waals surface area contributed by atoms with Gasteiger partial charge in [-0.05, 0) is 6.07 Å². The number of aromatic nitrogens is 4. The molecule has 3 aromatic rings. The molecule has 2 aromatic heterocycles. The van der Waals surface area contributed by atoms with Gasteiger partial charge in [-0.3, -0.25) is 0 Å². The van der Waals surface area contributed by atoms with Gasteiger partial charge in [0.15, 0.2) is 5.65 Å². The highest BCUT2D eigenvalue weighted by Crippen LogP contribution is 2.26. The highest BCUT2D eigenvalue weighted by atomic mass is 16.5. The minimum Gasteiger partial charge on any atom is -0.437 e. The van der Waals surface area contributed by atoms with E-state index in [1.54, 1.807) is 6.33 Å². The van der Waals surface area contributed by atoms with E-state index >= 15 is 0 Å². The maximum atomic E-state index is 5.77. The van der Waals surface area contributed by atoms with E-state index in [0.717, 1.165) is 5.56 Å². The van der Waals surface area contributed by atoms with Crippen LogP contribution in [0.25, 0.3) is 11.2 Å². The third-order valence-corrected chi connectivity index (χ3v) is 2.59. The molecule has 18 heavy (non-hydrogen) atoms. The fourth-order valence-electron chi connectivity index (χ4n) is 1.70. The maximum Gasteiger partial charge on any atom is 0.248 e. The summed E-state index contributed by atoms with van der Waals surface area (Å²) in [6.45, 7) is 0.410. The Balaban J connectivity index is 2.04. The Morgan fingerprint density at radius 1 is 1.17 bits per heavy atom. The zero-order valence-corrected chi connectivity index (χ0v) is 9.50. The van der Waals surface area contributed by atoms with Crippen molar-refractivity contribution >= 4 is 11.2 Å². The number of fused-ring (bicyclic) bond motifs is 1. The molecule has 1 aromatic carbocycles. The molecule has 0 unspecified atom stereocenters. The van der Waals surface area contributed by atoms with Crippen molar-refractivity contribution in [1.82, 2.24) is 19.9 Å². The normalized spacial score (nSPS) is 10.7. The first-order valence-corrected chi connectivity index (χ1v) is 5.48. The summed E-state index contributed by atoms with van der Waals surface area (Å²) in [4.78, 5) is 15.1. The number of nitrogens with two attached hydrogens (primary N) is 1. The Kier molecular flexibility index (Phi) is 2.62. The smallest absolute Gasteiger partial charge is 0.248 e. The first kappa shape index (κ1) is 10.7. The van der Waals surface area contributed by atoms with Crippen LogP contribution in [0.1, 0.15) is 5.56 Å². The summed E-state index contributed by atoms with van der Waals surface area (Å²) in [5, 5.41) is 0. The minimum atomic E-state index is 0.410. The molecule has 0 radical (unpaired) electrons. The Bertz CT molecular complexity index is 679. The highest BCUT2D eigenvalue weighted by molar-refractivity contribution is 5.75. The van der Waals surface area contributed by atoms with Crippen LogP contribution in [0.4, 0.5) is 0 Å². The molecule has 90 valence electrons. The van der Waals surface area contributed by atoms with Crippen LogP contribution in [0.3, 0.4) is 0 Å². The molecule has 0 fully saturated rings. The van der Waals surface area contributed by atoms with Crippen LogP contribution >= 0.6 is 0 Å². The lowest BCUT2D eigenvalue weighted by Gasteiger charge is -2.08. The predicted molar refractivity (Wildman–Crippen MR) is 66.1 cm³/mol. The average molecular weight is 241 g/mol. The molecule has 2 heterocycles. The van der Waals surface area contributed by atoms with Gasteiger partial charge in [0.1, 0.15) is 17.6 Å². The molecule has 0 saturated carbocycles. The Labute approximate surface area is 103 Å². The molecule has 0 atom stereocenters. The van der Waals surface area contributed by atoms with Gasteiger partial charge in [0.25, 0.3) is 0 Å². The van der Waals surface area contributed by atoms with Crippen molar-refractivity contribution in [2.45, 2.75) is 6.54 Å². The number of hydrogen-bond donors (Lipinski definition) is 2. The lowest BCUT2D eigenvalue weighted by Crippen LogP contribution is -2.00. The molecule has 0 bridgehead atoms. The minimum absolute atomic E-state index is 0.410. The number of aromatic amines is 1. The number of ether oxygens (including phenoxy) is 1. The second-order valence-corrected chi connectivity index (χ2v) is 3.69. The van der Waals surface area contributed by atoms with Crippen molar-refractivity contribution in [2.75, 3.05) is 0 Å². The summed E-state index contributed by atoms with van der Waals surface area (Å²) in [6.07, 6.45) is 2.98. The standard InChI is InChI=1S/C12H11N5O/c13-5-8-3-1-2-4-9(8)18-12-10-11(15-6-14-10)16-7-17-12/h1-4,6-7H,5,13H2,(H,14,15,16,17). The summed E-state index contributed by atoms with van der Waals surface area (Å²) >= 11 is 0. The van der Waals surface area contributed by atoms with Gasteiger partial charge in [-0.2, -0.15) is 4.98 Å². The fourth-order valence-corrected chi connectivity index (χ4v) is 1.70. The van der Waals surface area contributed by atoms with Crippen LogP contribution in [0, 0.1) is 0 Å². The molecule has 3 N–H and O–H groups in total. The predicted octanol–water partition coefficient (Wildman–Crippen LogP) is 1.60. The number of nitrogens with zero attached hydrogens (tertiary/aromatic N) is 3. The van der Waals surface area contributed by atoms with Crippen molar-refractivity contribution in [3.05, 3.63) is 42.5 Å². The second-order valence-electron chi connectivity index (χ2n) is 3.69. The van der Waals surface area contributed by atoms with Crippen molar-refractivity contribution < 1.29 is 4.74 Å². The third kappa shape index (κ3) is 1.78. The van der Waals surface area contributed by atoms with Crippen LogP contribution in [-0.4, -0.2) is 19.9 Å². The zero-order chi connectivity index (χ0) is 12.4. The molecular weight excluding hydrogens is 230 g/mol. The van der Waals surface area contributed by atoms with E-state index in [1.165, 1.54) is 6.33 Å². The molecule has 0 saturated heterocycles. The van der Waals surface area contributed by atoms with Gasteiger partial charge in [0.2, 0.25) is 5.88 Å². The average Bonchev–Trinajstić information content (AvgIpc) is 2.89. The lowest BCUT2D eigenvalue weighted by atomic mass is 10.2. The third-order valence-electron chi connectivity index (χ3n) is 2.59. The summed E-state index contributed by atoms with van der Waals surface area (Å²) < 4.78 is 5.77. The van der Waals surface area contributed by atoms with Crippen LogP contribution in [0.2, 0.25) is 0 Å². The van der Waals surface area contributed by atoms with Crippen molar-refractivity contribution in [1.29, 1.82) is 0 Å². The fraction of sp³-hybridized carbons (Fsp3) is 0.0833. The molecule has 0 spiro atoms. The number of hydrogen-bond acceptors (Lipinski definition) is 5. The van der Waals surface area contributed by atoms with E-state index in [0.29, 0.717) is 29.3 Å². The monoisotopic (exact) mass is 241 g/mol. The first-order valence-electron chi connectivity index (χ1n) is 5.48. The van der Waals surface area contributed by atoms with Crippen LogP contribution < -0.4 is 10.5 Å². The Morgan fingerprint density at radius 2 is 2.06 bits per heavy atom. The van der Waals surface area contributed by atoms with E-state index in [9.17, 15) is 0 Å². The first-order chi connectivity index (χ1) is 8.88. The van der Waals surface area contributed by atoms with Gasteiger partial charge < -0.3 is 15.5 Å².